The minimum Gasteiger partial charge on any atom is -0.493 e. The lowest BCUT2D eigenvalue weighted by Gasteiger charge is -2.11. The number of nitrogens with one attached hydrogen (secondary N) is 2. The number of benzene rings is 2. The Hall–Kier alpha value is -3.23. The van der Waals surface area contributed by atoms with Crippen molar-refractivity contribution >= 4 is 17.5 Å². The Morgan fingerprint density at radius 1 is 0.966 bits per heavy atom. The lowest BCUT2D eigenvalue weighted by molar-refractivity contribution is -0.167. The van der Waals surface area contributed by atoms with Gasteiger partial charge < -0.3 is 20.1 Å². The van der Waals surface area contributed by atoms with Gasteiger partial charge in [-0.05, 0) is 41.8 Å². The third-order valence-corrected chi connectivity index (χ3v) is 4.02. The fourth-order valence-electron chi connectivity index (χ4n) is 2.54. The van der Waals surface area contributed by atoms with Crippen LogP contribution in [0, 0.1) is 0 Å². The number of carbonyl (C=O) groups excluding carboxylic acids is 2. The standard InChI is InChI=1S/C20H21F3N2O4/c1-28-16-8-6-13(11-17(16)29-2)7-9-18(26)24-12-14-4-3-5-15(10-14)25-19(27)20(21,22)23/h3-6,8,10-11H,7,9,12H2,1-2H3,(H,24,26)(H,25,27). The number of hydrogen-bond acceptors (Lipinski definition) is 4. The van der Waals surface area contributed by atoms with Crippen molar-refractivity contribution in [2.45, 2.75) is 25.6 Å². The average molecular weight is 410 g/mol. The highest BCUT2D eigenvalue weighted by atomic mass is 19.4. The molecule has 2 N–H and O–H groups in total. The Labute approximate surface area is 166 Å². The molecule has 0 radical (unpaired) electrons. The summed E-state index contributed by atoms with van der Waals surface area (Å²) in [7, 11) is 3.06. The maximum absolute atomic E-state index is 12.3. The summed E-state index contributed by atoms with van der Waals surface area (Å²) in [5, 5.41) is 4.48. The number of amides is 2. The average Bonchev–Trinajstić information content (AvgIpc) is 2.70. The van der Waals surface area contributed by atoms with Gasteiger partial charge in [-0.25, -0.2) is 0 Å². The zero-order chi connectivity index (χ0) is 21.4. The van der Waals surface area contributed by atoms with Crippen LogP contribution in [0.4, 0.5) is 18.9 Å². The summed E-state index contributed by atoms with van der Waals surface area (Å²) in [4.78, 5) is 23.1. The second-order valence-electron chi connectivity index (χ2n) is 6.12. The van der Waals surface area contributed by atoms with E-state index in [0.29, 0.717) is 23.5 Å². The van der Waals surface area contributed by atoms with E-state index in [0.717, 1.165) is 5.56 Å². The summed E-state index contributed by atoms with van der Waals surface area (Å²) in [5.74, 6) is -1.10. The van der Waals surface area contributed by atoms with E-state index >= 15 is 0 Å². The molecule has 2 aromatic carbocycles. The smallest absolute Gasteiger partial charge is 0.471 e. The Kier molecular flexibility index (Phi) is 7.46. The topological polar surface area (TPSA) is 76.7 Å². The van der Waals surface area contributed by atoms with Crippen molar-refractivity contribution in [3.05, 3.63) is 53.6 Å². The van der Waals surface area contributed by atoms with Crippen molar-refractivity contribution in [1.82, 2.24) is 5.32 Å². The molecule has 2 amide bonds. The number of carbonyl (C=O) groups is 2. The van der Waals surface area contributed by atoms with Crippen molar-refractivity contribution in [1.29, 1.82) is 0 Å². The van der Waals surface area contributed by atoms with Gasteiger partial charge in [0.05, 0.1) is 14.2 Å². The van der Waals surface area contributed by atoms with Gasteiger partial charge in [-0.2, -0.15) is 13.2 Å². The number of methoxy groups -OCH3 is 2. The second kappa shape index (κ2) is 9.81. The van der Waals surface area contributed by atoms with Gasteiger partial charge in [-0.15, -0.1) is 0 Å². The molecular formula is C20H21F3N2O4. The Morgan fingerprint density at radius 3 is 2.34 bits per heavy atom. The molecule has 0 fully saturated rings. The number of ether oxygens (including phenoxy) is 2. The molecule has 0 heterocycles. The SMILES string of the molecule is COc1ccc(CCC(=O)NCc2cccc(NC(=O)C(F)(F)F)c2)cc1OC. The molecule has 6 nitrogen and oxygen atoms in total. The van der Waals surface area contributed by atoms with E-state index in [1.807, 2.05) is 6.07 Å². The van der Waals surface area contributed by atoms with Gasteiger partial charge in [0.25, 0.3) is 0 Å². The first kappa shape index (κ1) is 22.1. The molecule has 0 unspecified atom stereocenters. The van der Waals surface area contributed by atoms with E-state index in [2.05, 4.69) is 5.32 Å². The second-order valence-corrected chi connectivity index (χ2v) is 6.12. The first-order chi connectivity index (χ1) is 13.7. The highest BCUT2D eigenvalue weighted by Gasteiger charge is 2.38. The van der Waals surface area contributed by atoms with Crippen LogP contribution in [0.25, 0.3) is 0 Å². The van der Waals surface area contributed by atoms with Gasteiger partial charge in [-0.1, -0.05) is 18.2 Å². The first-order valence-corrected chi connectivity index (χ1v) is 8.67. The Morgan fingerprint density at radius 2 is 1.69 bits per heavy atom. The zero-order valence-electron chi connectivity index (χ0n) is 15.9. The molecule has 0 aliphatic heterocycles. The molecule has 0 saturated carbocycles. The van der Waals surface area contributed by atoms with Crippen LogP contribution < -0.4 is 20.1 Å². The van der Waals surface area contributed by atoms with Gasteiger partial charge in [0, 0.05) is 18.7 Å². The van der Waals surface area contributed by atoms with Crippen LogP contribution in [0.15, 0.2) is 42.5 Å². The van der Waals surface area contributed by atoms with Crippen molar-refractivity contribution in [2.24, 2.45) is 0 Å². The highest BCUT2D eigenvalue weighted by molar-refractivity contribution is 5.94. The molecule has 0 spiro atoms. The predicted octanol–water partition coefficient (Wildman–Crippen LogP) is 3.45. The van der Waals surface area contributed by atoms with Gasteiger partial charge in [-0.3, -0.25) is 9.59 Å². The molecule has 0 aliphatic carbocycles. The van der Waals surface area contributed by atoms with Crippen LogP contribution in [-0.2, 0) is 22.6 Å². The first-order valence-electron chi connectivity index (χ1n) is 8.67. The summed E-state index contributed by atoms with van der Waals surface area (Å²) in [6.45, 7) is 0.125. The maximum atomic E-state index is 12.3. The molecule has 9 heteroatoms. The fourth-order valence-corrected chi connectivity index (χ4v) is 2.54. The van der Waals surface area contributed by atoms with E-state index in [1.165, 1.54) is 32.4 Å². The lowest BCUT2D eigenvalue weighted by Crippen LogP contribution is -2.30. The quantitative estimate of drug-likeness (QED) is 0.699. The normalized spacial score (nSPS) is 10.9. The molecule has 0 atom stereocenters. The number of anilines is 1. The molecule has 2 aromatic rings. The number of rotatable bonds is 8. The van der Waals surface area contributed by atoms with E-state index in [9.17, 15) is 22.8 Å². The van der Waals surface area contributed by atoms with Crippen LogP contribution in [-0.4, -0.2) is 32.2 Å². The van der Waals surface area contributed by atoms with Crippen molar-refractivity contribution in [3.8, 4) is 11.5 Å². The van der Waals surface area contributed by atoms with Crippen molar-refractivity contribution in [3.63, 3.8) is 0 Å². The molecule has 0 aliphatic rings. The molecule has 156 valence electrons. The van der Waals surface area contributed by atoms with Crippen LogP contribution in [0.5, 0.6) is 11.5 Å². The molecule has 0 bridgehead atoms. The highest BCUT2D eigenvalue weighted by Crippen LogP contribution is 2.28. The zero-order valence-corrected chi connectivity index (χ0v) is 15.9. The summed E-state index contributed by atoms with van der Waals surface area (Å²) in [6, 6.07) is 11.2. The maximum Gasteiger partial charge on any atom is 0.471 e. The molecule has 0 saturated heterocycles. The fraction of sp³-hybridized carbons (Fsp3) is 0.300. The lowest BCUT2D eigenvalue weighted by atomic mass is 10.1. The van der Waals surface area contributed by atoms with Crippen LogP contribution in [0.1, 0.15) is 17.5 Å². The van der Waals surface area contributed by atoms with Gasteiger partial charge in [0.1, 0.15) is 0 Å². The van der Waals surface area contributed by atoms with E-state index in [4.69, 9.17) is 9.47 Å². The Bertz CT molecular complexity index is 869. The summed E-state index contributed by atoms with van der Waals surface area (Å²) >= 11 is 0. The molecule has 0 aromatic heterocycles. The third-order valence-electron chi connectivity index (χ3n) is 4.02. The molecule has 29 heavy (non-hydrogen) atoms. The van der Waals surface area contributed by atoms with Gasteiger partial charge in [0.15, 0.2) is 11.5 Å². The summed E-state index contributed by atoms with van der Waals surface area (Å²) in [5.41, 5.74) is 1.46. The number of hydrogen-bond donors (Lipinski definition) is 2. The van der Waals surface area contributed by atoms with E-state index < -0.39 is 12.1 Å². The summed E-state index contributed by atoms with van der Waals surface area (Å²) < 4.78 is 47.3. The van der Waals surface area contributed by atoms with Crippen LogP contribution >= 0.6 is 0 Å². The van der Waals surface area contributed by atoms with E-state index in [-0.39, 0.29) is 24.6 Å². The van der Waals surface area contributed by atoms with Gasteiger partial charge >= 0.3 is 12.1 Å². The van der Waals surface area contributed by atoms with Crippen LogP contribution in [0.2, 0.25) is 0 Å². The Balaban J connectivity index is 1.86. The molecular weight excluding hydrogens is 389 g/mol. The third kappa shape index (κ3) is 6.70. The van der Waals surface area contributed by atoms with Crippen LogP contribution in [0.3, 0.4) is 0 Å². The van der Waals surface area contributed by atoms with Crippen molar-refractivity contribution in [2.75, 3.05) is 19.5 Å². The predicted molar refractivity (Wildman–Crippen MR) is 101 cm³/mol. The molecule has 2 rings (SSSR count). The van der Waals surface area contributed by atoms with Gasteiger partial charge in [0.2, 0.25) is 5.91 Å². The number of alkyl halides is 3. The summed E-state index contributed by atoms with van der Waals surface area (Å²) in [6.07, 6.45) is -4.26. The minimum absolute atomic E-state index is 0.00408. The monoisotopic (exact) mass is 410 g/mol. The minimum atomic E-state index is -4.96. The van der Waals surface area contributed by atoms with E-state index in [1.54, 1.807) is 23.5 Å². The largest absolute Gasteiger partial charge is 0.493 e. The number of halogens is 3. The number of aryl methyl sites for hydroxylation is 1. The van der Waals surface area contributed by atoms with Crippen molar-refractivity contribution < 1.29 is 32.2 Å².